The summed E-state index contributed by atoms with van der Waals surface area (Å²) in [7, 11) is 0. The minimum atomic E-state index is -0.531. The van der Waals surface area contributed by atoms with Gasteiger partial charge in [-0.2, -0.15) is 0 Å². The van der Waals surface area contributed by atoms with Gasteiger partial charge in [-0.1, -0.05) is 44.5 Å². The zero-order valence-electron chi connectivity index (χ0n) is 11.4. The normalized spacial score (nSPS) is 13.5. The summed E-state index contributed by atoms with van der Waals surface area (Å²) in [5.74, 6) is 0. The zero-order valence-corrected chi connectivity index (χ0v) is 12.9. The van der Waals surface area contributed by atoms with Gasteiger partial charge >= 0.3 is 0 Å². The number of aliphatic hydroxyl groups excluding tert-OH is 1. The summed E-state index contributed by atoms with van der Waals surface area (Å²) < 4.78 is 0. The number of thiazole rings is 1. The van der Waals surface area contributed by atoms with Crippen LogP contribution in [0.5, 0.6) is 0 Å². The highest BCUT2D eigenvalue weighted by atomic mass is 35.5. The van der Waals surface area contributed by atoms with Crippen LogP contribution >= 0.6 is 22.9 Å². The van der Waals surface area contributed by atoms with Crippen LogP contribution in [0.15, 0.2) is 29.6 Å². The highest BCUT2D eigenvalue weighted by Crippen LogP contribution is 2.27. The zero-order chi connectivity index (χ0) is 14.0. The van der Waals surface area contributed by atoms with Gasteiger partial charge in [0, 0.05) is 22.2 Å². The SMILES string of the molecule is CC(C)(C)c1csc(CC(O)c2ccc(Cl)cc2)n1. The lowest BCUT2D eigenvalue weighted by Crippen LogP contribution is -2.11. The molecule has 1 aromatic heterocycles. The molecule has 1 N–H and O–H groups in total. The number of hydrogen-bond donors (Lipinski definition) is 1. The lowest BCUT2D eigenvalue weighted by Gasteiger charge is -2.14. The Morgan fingerprint density at radius 2 is 1.89 bits per heavy atom. The summed E-state index contributed by atoms with van der Waals surface area (Å²) in [6, 6.07) is 7.29. The monoisotopic (exact) mass is 295 g/mol. The summed E-state index contributed by atoms with van der Waals surface area (Å²) in [5, 5.41) is 13.9. The van der Waals surface area contributed by atoms with Crippen LogP contribution in [-0.2, 0) is 11.8 Å². The minimum absolute atomic E-state index is 0.0555. The lowest BCUT2D eigenvalue weighted by atomic mass is 9.93. The van der Waals surface area contributed by atoms with Crippen LogP contribution in [0.2, 0.25) is 5.02 Å². The van der Waals surface area contributed by atoms with Crippen molar-refractivity contribution in [3.8, 4) is 0 Å². The molecule has 1 heterocycles. The number of aromatic nitrogens is 1. The third-order valence-electron chi connectivity index (χ3n) is 2.94. The van der Waals surface area contributed by atoms with E-state index in [1.807, 2.05) is 12.1 Å². The predicted octanol–water partition coefficient (Wildman–Crippen LogP) is 4.37. The number of hydrogen-bond acceptors (Lipinski definition) is 3. The number of rotatable bonds is 3. The van der Waals surface area contributed by atoms with Crippen molar-refractivity contribution in [1.29, 1.82) is 0 Å². The van der Waals surface area contributed by atoms with E-state index in [4.69, 9.17) is 11.6 Å². The van der Waals surface area contributed by atoms with E-state index in [1.165, 1.54) is 0 Å². The molecule has 1 atom stereocenters. The van der Waals surface area contributed by atoms with Crippen molar-refractivity contribution in [2.45, 2.75) is 38.7 Å². The van der Waals surface area contributed by atoms with E-state index >= 15 is 0 Å². The first kappa shape index (κ1) is 14.5. The Bertz CT molecular complexity index is 542. The van der Waals surface area contributed by atoms with Crippen molar-refractivity contribution in [3.63, 3.8) is 0 Å². The van der Waals surface area contributed by atoms with Crippen molar-refractivity contribution in [2.24, 2.45) is 0 Å². The quantitative estimate of drug-likeness (QED) is 0.912. The maximum absolute atomic E-state index is 10.2. The van der Waals surface area contributed by atoms with E-state index in [0.29, 0.717) is 11.4 Å². The lowest BCUT2D eigenvalue weighted by molar-refractivity contribution is 0.178. The molecule has 0 radical (unpaired) electrons. The van der Waals surface area contributed by atoms with E-state index in [9.17, 15) is 5.11 Å². The third kappa shape index (κ3) is 3.78. The van der Waals surface area contributed by atoms with Crippen LogP contribution in [0.3, 0.4) is 0 Å². The second-order valence-corrected chi connectivity index (χ2v) is 7.03. The van der Waals surface area contributed by atoms with Gasteiger partial charge < -0.3 is 5.11 Å². The van der Waals surface area contributed by atoms with Crippen LogP contribution in [0.4, 0.5) is 0 Å². The van der Waals surface area contributed by atoms with Crippen LogP contribution in [0.1, 0.15) is 43.1 Å². The molecule has 0 amide bonds. The molecule has 0 aliphatic heterocycles. The number of aliphatic hydroxyl groups is 1. The van der Waals surface area contributed by atoms with Gasteiger partial charge in [0.2, 0.25) is 0 Å². The second kappa shape index (κ2) is 5.61. The fourth-order valence-electron chi connectivity index (χ4n) is 1.72. The van der Waals surface area contributed by atoms with Crippen molar-refractivity contribution >= 4 is 22.9 Å². The Labute approximate surface area is 123 Å². The van der Waals surface area contributed by atoms with Gasteiger partial charge in [0.25, 0.3) is 0 Å². The highest BCUT2D eigenvalue weighted by Gasteiger charge is 2.18. The molecule has 0 fully saturated rings. The maximum Gasteiger partial charge on any atom is 0.0957 e. The molecule has 0 aliphatic rings. The third-order valence-corrected chi connectivity index (χ3v) is 4.07. The molecule has 2 aromatic rings. The first-order valence-corrected chi connectivity index (χ1v) is 7.50. The first-order chi connectivity index (χ1) is 8.86. The minimum Gasteiger partial charge on any atom is -0.388 e. The maximum atomic E-state index is 10.2. The molecule has 19 heavy (non-hydrogen) atoms. The molecule has 0 saturated carbocycles. The largest absolute Gasteiger partial charge is 0.388 e. The van der Waals surface area contributed by atoms with Gasteiger partial charge in [-0.05, 0) is 17.7 Å². The Kier molecular flexibility index (Phi) is 4.29. The van der Waals surface area contributed by atoms with Crippen molar-refractivity contribution < 1.29 is 5.11 Å². The molecule has 0 spiro atoms. The molecule has 1 aromatic carbocycles. The highest BCUT2D eigenvalue weighted by molar-refractivity contribution is 7.09. The average molecular weight is 296 g/mol. The number of halogens is 1. The van der Waals surface area contributed by atoms with Crippen molar-refractivity contribution in [2.75, 3.05) is 0 Å². The Morgan fingerprint density at radius 3 is 2.42 bits per heavy atom. The van der Waals surface area contributed by atoms with E-state index in [2.05, 4.69) is 31.1 Å². The fourth-order valence-corrected chi connectivity index (χ4v) is 2.90. The van der Waals surface area contributed by atoms with Crippen LogP contribution in [-0.4, -0.2) is 10.1 Å². The van der Waals surface area contributed by atoms with Gasteiger partial charge in [0.1, 0.15) is 0 Å². The smallest absolute Gasteiger partial charge is 0.0957 e. The number of benzene rings is 1. The van der Waals surface area contributed by atoms with E-state index in [-0.39, 0.29) is 5.41 Å². The molecular weight excluding hydrogens is 278 g/mol. The molecular formula is C15H18ClNOS. The Balaban J connectivity index is 2.08. The molecule has 0 aliphatic carbocycles. The predicted molar refractivity (Wildman–Crippen MR) is 80.9 cm³/mol. The molecule has 2 rings (SSSR count). The summed E-state index contributed by atoms with van der Waals surface area (Å²) >= 11 is 7.44. The summed E-state index contributed by atoms with van der Waals surface area (Å²) in [5.41, 5.74) is 2.01. The molecule has 2 nitrogen and oxygen atoms in total. The molecule has 4 heteroatoms. The summed E-state index contributed by atoms with van der Waals surface area (Å²) in [6.07, 6.45) is 0.0128. The van der Waals surface area contributed by atoms with E-state index < -0.39 is 6.10 Å². The summed E-state index contributed by atoms with van der Waals surface area (Å²) in [6.45, 7) is 6.42. The Morgan fingerprint density at radius 1 is 1.26 bits per heavy atom. The molecule has 102 valence electrons. The fraction of sp³-hybridized carbons (Fsp3) is 0.400. The van der Waals surface area contributed by atoms with Crippen molar-refractivity contribution in [3.05, 3.63) is 50.9 Å². The van der Waals surface area contributed by atoms with Gasteiger partial charge in [-0.3, -0.25) is 0 Å². The summed E-state index contributed by atoms with van der Waals surface area (Å²) in [4.78, 5) is 4.60. The van der Waals surface area contributed by atoms with E-state index in [0.717, 1.165) is 16.3 Å². The van der Waals surface area contributed by atoms with Gasteiger partial charge in [0.15, 0.2) is 0 Å². The van der Waals surface area contributed by atoms with Crippen molar-refractivity contribution in [1.82, 2.24) is 4.98 Å². The van der Waals surface area contributed by atoms with Crippen LogP contribution in [0, 0.1) is 0 Å². The van der Waals surface area contributed by atoms with Gasteiger partial charge in [-0.25, -0.2) is 4.98 Å². The first-order valence-electron chi connectivity index (χ1n) is 6.24. The average Bonchev–Trinajstić information content (AvgIpc) is 2.78. The second-order valence-electron chi connectivity index (χ2n) is 5.65. The molecule has 0 bridgehead atoms. The number of nitrogens with zero attached hydrogens (tertiary/aromatic N) is 1. The molecule has 0 saturated heterocycles. The standard InChI is InChI=1S/C15H18ClNOS/c1-15(2,3)13-9-19-14(17-13)8-12(18)10-4-6-11(16)7-5-10/h4-7,9,12,18H,8H2,1-3H3. The molecule has 1 unspecified atom stereocenters. The van der Waals surface area contributed by atoms with Crippen LogP contribution < -0.4 is 0 Å². The van der Waals surface area contributed by atoms with Gasteiger partial charge in [0.05, 0.1) is 16.8 Å². The topological polar surface area (TPSA) is 33.1 Å². The van der Waals surface area contributed by atoms with Crippen LogP contribution in [0.25, 0.3) is 0 Å². The Hall–Kier alpha value is -0.900. The van der Waals surface area contributed by atoms with E-state index in [1.54, 1.807) is 23.5 Å². The van der Waals surface area contributed by atoms with Gasteiger partial charge in [-0.15, -0.1) is 11.3 Å².